The van der Waals surface area contributed by atoms with Crippen molar-refractivity contribution in [1.29, 1.82) is 0 Å². The van der Waals surface area contributed by atoms with Crippen molar-refractivity contribution in [2.24, 2.45) is 5.92 Å². The molecule has 7 heteroatoms. The largest absolute Gasteiger partial charge is 0.484 e. The maximum Gasteiger partial charge on any atom is 0.260 e. The number of carbonyl (C=O) groups excluding carboxylic acids is 2. The van der Waals surface area contributed by atoms with Crippen LogP contribution in [0.3, 0.4) is 0 Å². The highest BCUT2D eigenvalue weighted by molar-refractivity contribution is 5.85. The second-order valence-corrected chi connectivity index (χ2v) is 6.32. The van der Waals surface area contributed by atoms with Gasteiger partial charge in [0.1, 0.15) is 5.75 Å². The van der Waals surface area contributed by atoms with Crippen molar-refractivity contribution >= 4 is 24.2 Å². The van der Waals surface area contributed by atoms with E-state index >= 15 is 0 Å². The molecule has 6 nitrogen and oxygen atoms in total. The molecule has 2 amide bonds. The number of nitrogens with zero attached hydrogens (tertiary/aromatic N) is 1. The molecule has 1 aliphatic rings. The molecule has 0 aromatic heterocycles. The highest BCUT2D eigenvalue weighted by atomic mass is 35.5. The Morgan fingerprint density at radius 3 is 2.69 bits per heavy atom. The van der Waals surface area contributed by atoms with E-state index in [2.05, 4.69) is 17.6 Å². The number of nitrogens with one attached hydrogen (secondary N) is 2. The molecule has 0 radical (unpaired) electrons. The number of benzene rings is 1. The first-order valence-electron chi connectivity index (χ1n) is 9.14. The first kappa shape index (κ1) is 22.3. The van der Waals surface area contributed by atoms with E-state index in [-0.39, 0.29) is 36.7 Å². The second kappa shape index (κ2) is 12.5. The Kier molecular flexibility index (Phi) is 10.7. The molecule has 1 unspecified atom stereocenters. The molecule has 1 aromatic carbocycles. The lowest BCUT2D eigenvalue weighted by molar-refractivity contribution is -0.137. The number of piperidine rings is 1. The van der Waals surface area contributed by atoms with Gasteiger partial charge in [0.2, 0.25) is 5.91 Å². The molecule has 1 aliphatic heterocycles. The Morgan fingerprint density at radius 1 is 1.19 bits per heavy atom. The fourth-order valence-corrected chi connectivity index (χ4v) is 2.89. The smallest absolute Gasteiger partial charge is 0.260 e. The lowest BCUT2D eigenvalue weighted by atomic mass is 9.97. The SMILES string of the molecule is CCCNCCNC(=O)C1CCCN(C(=O)COc2ccccc2)C1.Cl. The van der Waals surface area contributed by atoms with Crippen LogP contribution in [-0.4, -0.2) is 56.0 Å². The molecular formula is C19H30ClN3O3. The zero-order valence-corrected chi connectivity index (χ0v) is 16.2. The minimum Gasteiger partial charge on any atom is -0.484 e. The van der Waals surface area contributed by atoms with E-state index in [1.165, 1.54) is 0 Å². The third-order valence-electron chi connectivity index (χ3n) is 4.28. The summed E-state index contributed by atoms with van der Waals surface area (Å²) in [7, 11) is 0. The zero-order chi connectivity index (χ0) is 17.9. The van der Waals surface area contributed by atoms with E-state index < -0.39 is 0 Å². The molecule has 0 spiro atoms. The van der Waals surface area contributed by atoms with Crippen LogP contribution in [0.5, 0.6) is 5.75 Å². The van der Waals surface area contributed by atoms with Crippen LogP contribution in [0.1, 0.15) is 26.2 Å². The molecule has 2 N–H and O–H groups in total. The minimum absolute atomic E-state index is 0. The summed E-state index contributed by atoms with van der Waals surface area (Å²) in [5.41, 5.74) is 0. The summed E-state index contributed by atoms with van der Waals surface area (Å²) >= 11 is 0. The Morgan fingerprint density at radius 2 is 1.96 bits per heavy atom. The van der Waals surface area contributed by atoms with Crippen LogP contribution in [-0.2, 0) is 9.59 Å². The van der Waals surface area contributed by atoms with Gasteiger partial charge in [0.25, 0.3) is 5.91 Å². The van der Waals surface area contributed by atoms with Crippen LogP contribution >= 0.6 is 12.4 Å². The van der Waals surface area contributed by atoms with Crippen molar-refractivity contribution in [3.05, 3.63) is 30.3 Å². The normalized spacial score (nSPS) is 16.5. The Labute approximate surface area is 162 Å². The second-order valence-electron chi connectivity index (χ2n) is 6.32. The highest BCUT2D eigenvalue weighted by Crippen LogP contribution is 2.17. The summed E-state index contributed by atoms with van der Waals surface area (Å²) in [5, 5.41) is 6.21. The summed E-state index contributed by atoms with van der Waals surface area (Å²) < 4.78 is 5.52. The molecule has 0 bridgehead atoms. The van der Waals surface area contributed by atoms with E-state index in [0.717, 1.165) is 32.4 Å². The summed E-state index contributed by atoms with van der Waals surface area (Å²) in [6.07, 6.45) is 2.76. The van der Waals surface area contributed by atoms with Crippen molar-refractivity contribution < 1.29 is 14.3 Å². The van der Waals surface area contributed by atoms with E-state index in [4.69, 9.17) is 4.74 Å². The monoisotopic (exact) mass is 383 g/mol. The molecule has 1 heterocycles. The quantitative estimate of drug-likeness (QED) is 0.638. The van der Waals surface area contributed by atoms with Gasteiger partial charge >= 0.3 is 0 Å². The first-order chi connectivity index (χ1) is 12.2. The van der Waals surface area contributed by atoms with Crippen LogP contribution in [0.25, 0.3) is 0 Å². The van der Waals surface area contributed by atoms with Gasteiger partial charge in [-0.15, -0.1) is 12.4 Å². The van der Waals surface area contributed by atoms with E-state index in [0.29, 0.717) is 25.4 Å². The van der Waals surface area contributed by atoms with Crippen molar-refractivity contribution in [3.8, 4) is 5.75 Å². The molecule has 146 valence electrons. The Balaban J connectivity index is 0.00000338. The molecule has 0 aliphatic carbocycles. The summed E-state index contributed by atoms with van der Waals surface area (Å²) in [4.78, 5) is 26.3. The number of amides is 2. The van der Waals surface area contributed by atoms with Crippen LogP contribution < -0.4 is 15.4 Å². The van der Waals surface area contributed by atoms with Gasteiger partial charge in [-0.05, 0) is 37.9 Å². The molecule has 1 fully saturated rings. The van der Waals surface area contributed by atoms with Gasteiger partial charge in [0.15, 0.2) is 6.61 Å². The van der Waals surface area contributed by atoms with Crippen molar-refractivity contribution in [2.45, 2.75) is 26.2 Å². The third-order valence-corrected chi connectivity index (χ3v) is 4.28. The predicted octanol–water partition coefficient (Wildman–Crippen LogP) is 1.84. The number of hydrogen-bond donors (Lipinski definition) is 2. The van der Waals surface area contributed by atoms with Crippen molar-refractivity contribution in [1.82, 2.24) is 15.5 Å². The highest BCUT2D eigenvalue weighted by Gasteiger charge is 2.28. The van der Waals surface area contributed by atoms with Crippen molar-refractivity contribution in [2.75, 3.05) is 39.3 Å². The number of hydrogen-bond acceptors (Lipinski definition) is 4. The zero-order valence-electron chi connectivity index (χ0n) is 15.4. The lowest BCUT2D eigenvalue weighted by Crippen LogP contribution is -2.47. The summed E-state index contributed by atoms with van der Waals surface area (Å²) in [5.74, 6) is 0.535. The van der Waals surface area contributed by atoms with Crippen LogP contribution in [0.15, 0.2) is 30.3 Å². The minimum atomic E-state index is -0.124. The lowest BCUT2D eigenvalue weighted by Gasteiger charge is -2.32. The fourth-order valence-electron chi connectivity index (χ4n) is 2.89. The Hall–Kier alpha value is -1.79. The molecule has 26 heavy (non-hydrogen) atoms. The Bertz CT molecular complexity index is 542. The van der Waals surface area contributed by atoms with Gasteiger partial charge in [-0.1, -0.05) is 25.1 Å². The fraction of sp³-hybridized carbons (Fsp3) is 0.579. The number of halogens is 1. The van der Waals surface area contributed by atoms with E-state index in [1.807, 2.05) is 30.3 Å². The summed E-state index contributed by atoms with van der Waals surface area (Å²) in [6, 6.07) is 9.30. The molecule has 1 aromatic rings. The molecule has 2 rings (SSSR count). The first-order valence-corrected chi connectivity index (χ1v) is 9.14. The number of carbonyl (C=O) groups is 2. The molecule has 0 saturated carbocycles. The topological polar surface area (TPSA) is 70.7 Å². The third kappa shape index (κ3) is 7.62. The van der Waals surface area contributed by atoms with Gasteiger partial charge in [0, 0.05) is 26.2 Å². The van der Waals surface area contributed by atoms with Crippen LogP contribution in [0.2, 0.25) is 0 Å². The average molecular weight is 384 g/mol. The number of para-hydroxylation sites is 1. The summed E-state index contributed by atoms with van der Waals surface area (Å²) in [6.45, 7) is 5.66. The predicted molar refractivity (Wildman–Crippen MR) is 105 cm³/mol. The molecule has 1 saturated heterocycles. The van der Waals surface area contributed by atoms with E-state index in [1.54, 1.807) is 4.90 Å². The average Bonchev–Trinajstić information content (AvgIpc) is 2.66. The maximum absolute atomic E-state index is 12.3. The van der Waals surface area contributed by atoms with Gasteiger partial charge in [0.05, 0.1) is 5.92 Å². The number of ether oxygens (including phenoxy) is 1. The van der Waals surface area contributed by atoms with E-state index in [9.17, 15) is 9.59 Å². The number of rotatable bonds is 9. The maximum atomic E-state index is 12.3. The van der Waals surface area contributed by atoms with Gasteiger partial charge in [-0.2, -0.15) is 0 Å². The molecule has 1 atom stereocenters. The van der Waals surface area contributed by atoms with Crippen LogP contribution in [0, 0.1) is 5.92 Å². The van der Waals surface area contributed by atoms with Gasteiger partial charge in [-0.3, -0.25) is 9.59 Å². The van der Waals surface area contributed by atoms with Crippen LogP contribution in [0.4, 0.5) is 0 Å². The van der Waals surface area contributed by atoms with Gasteiger partial charge < -0.3 is 20.3 Å². The standard InChI is InChI=1S/C19H29N3O3.ClH/c1-2-10-20-11-12-21-19(24)16-7-6-13-22(14-16)18(23)15-25-17-8-4-3-5-9-17;/h3-5,8-9,16,20H,2,6-7,10-15H2,1H3,(H,21,24);1H. The van der Waals surface area contributed by atoms with Crippen molar-refractivity contribution in [3.63, 3.8) is 0 Å². The molecular weight excluding hydrogens is 354 g/mol. The number of likely N-dealkylation sites (tertiary alicyclic amines) is 1. The van der Waals surface area contributed by atoms with Gasteiger partial charge in [-0.25, -0.2) is 0 Å².